The van der Waals surface area contributed by atoms with Gasteiger partial charge in [-0.05, 0) is 34.7 Å². The molecule has 0 atom stereocenters. The van der Waals surface area contributed by atoms with E-state index in [9.17, 15) is 0 Å². The van der Waals surface area contributed by atoms with Gasteiger partial charge in [-0.25, -0.2) is 4.98 Å². The summed E-state index contributed by atoms with van der Waals surface area (Å²) in [6, 6.07) is 7.70. The average Bonchev–Trinajstić information content (AvgIpc) is 2.95. The number of nitrogen functional groups attached to an aromatic ring is 1. The van der Waals surface area contributed by atoms with Crippen LogP contribution >= 0.6 is 22.6 Å². The van der Waals surface area contributed by atoms with E-state index < -0.39 is 0 Å². The molecule has 20 heavy (non-hydrogen) atoms. The third-order valence-electron chi connectivity index (χ3n) is 2.39. The van der Waals surface area contributed by atoms with Crippen LogP contribution in [0.3, 0.4) is 0 Å². The van der Waals surface area contributed by atoms with Crippen LogP contribution in [0.15, 0.2) is 43.0 Å². The average molecular weight is 380 g/mol. The van der Waals surface area contributed by atoms with E-state index in [0.29, 0.717) is 11.7 Å². The third kappa shape index (κ3) is 2.69. The molecule has 0 saturated heterocycles. The summed E-state index contributed by atoms with van der Waals surface area (Å²) in [7, 11) is 0. The highest BCUT2D eigenvalue weighted by Gasteiger charge is 2.09. The molecule has 0 unspecified atom stereocenters. The fourth-order valence-electron chi connectivity index (χ4n) is 1.53. The van der Waals surface area contributed by atoms with Crippen molar-refractivity contribution in [2.75, 3.05) is 5.73 Å². The van der Waals surface area contributed by atoms with Gasteiger partial charge in [0.1, 0.15) is 12.1 Å². The number of anilines is 1. The summed E-state index contributed by atoms with van der Waals surface area (Å²) >= 11 is 2.17. The van der Waals surface area contributed by atoms with Crippen LogP contribution in [0.2, 0.25) is 0 Å². The van der Waals surface area contributed by atoms with Crippen molar-refractivity contribution < 1.29 is 4.74 Å². The highest BCUT2D eigenvalue weighted by molar-refractivity contribution is 14.1. The number of hydrogen-bond donors (Lipinski definition) is 1. The first-order chi connectivity index (χ1) is 9.72. The Morgan fingerprint density at radius 1 is 1.15 bits per heavy atom. The summed E-state index contributed by atoms with van der Waals surface area (Å²) in [5.41, 5.74) is 5.68. The molecule has 3 rings (SSSR count). The monoisotopic (exact) mass is 380 g/mol. The highest BCUT2D eigenvalue weighted by atomic mass is 127. The second-order valence-corrected chi connectivity index (χ2v) is 4.94. The largest absolute Gasteiger partial charge is 0.423 e. The third-order valence-corrected chi connectivity index (χ3v) is 3.28. The van der Waals surface area contributed by atoms with Gasteiger partial charge in [0.25, 0.3) is 0 Å². The van der Waals surface area contributed by atoms with Crippen molar-refractivity contribution in [2.24, 2.45) is 0 Å². The molecule has 0 aliphatic heterocycles. The van der Waals surface area contributed by atoms with Crippen LogP contribution in [-0.2, 0) is 0 Å². The van der Waals surface area contributed by atoms with Crippen LogP contribution in [0.5, 0.6) is 11.8 Å². The molecule has 1 aromatic carbocycles. The molecule has 0 amide bonds. The molecule has 0 bridgehead atoms. The Labute approximate surface area is 128 Å². The first-order valence-corrected chi connectivity index (χ1v) is 6.72. The minimum Gasteiger partial charge on any atom is -0.423 e. The van der Waals surface area contributed by atoms with E-state index in [-0.39, 0.29) is 12.0 Å². The van der Waals surface area contributed by atoms with E-state index in [2.05, 4.69) is 42.5 Å². The summed E-state index contributed by atoms with van der Waals surface area (Å²) in [5, 5.41) is 0. The maximum absolute atomic E-state index is 5.68. The van der Waals surface area contributed by atoms with Crippen molar-refractivity contribution in [3.05, 3.63) is 46.6 Å². The van der Waals surface area contributed by atoms with Gasteiger partial charge in [0.2, 0.25) is 11.9 Å². The zero-order valence-electron chi connectivity index (χ0n) is 10.1. The van der Waals surface area contributed by atoms with Crippen LogP contribution in [-0.4, -0.2) is 24.5 Å². The molecule has 8 heteroatoms. The van der Waals surface area contributed by atoms with Gasteiger partial charge in [-0.15, -0.1) is 0 Å². The van der Waals surface area contributed by atoms with Gasteiger partial charge < -0.3 is 10.5 Å². The van der Waals surface area contributed by atoms with Crippen molar-refractivity contribution >= 4 is 28.5 Å². The van der Waals surface area contributed by atoms with Crippen molar-refractivity contribution in [3.8, 4) is 17.7 Å². The van der Waals surface area contributed by atoms with Gasteiger partial charge in [0.15, 0.2) is 0 Å². The van der Waals surface area contributed by atoms with E-state index in [1.165, 1.54) is 0 Å². The molecule has 7 nitrogen and oxygen atoms in total. The van der Waals surface area contributed by atoms with Crippen LogP contribution < -0.4 is 10.5 Å². The van der Waals surface area contributed by atoms with Crippen molar-refractivity contribution in [3.63, 3.8) is 0 Å². The van der Waals surface area contributed by atoms with Crippen LogP contribution in [0.25, 0.3) is 5.95 Å². The number of para-hydroxylation sites is 1. The number of rotatable bonds is 3. The summed E-state index contributed by atoms with van der Waals surface area (Å²) in [6.45, 7) is 0. The van der Waals surface area contributed by atoms with Gasteiger partial charge in [-0.3, -0.25) is 4.57 Å². The molecule has 2 heterocycles. The summed E-state index contributed by atoms with van der Waals surface area (Å²) < 4.78 is 8.22. The van der Waals surface area contributed by atoms with Crippen LogP contribution in [0, 0.1) is 3.57 Å². The molecule has 0 fully saturated rings. The molecule has 2 N–H and O–H groups in total. The first kappa shape index (κ1) is 12.8. The Bertz CT molecular complexity index is 731. The summed E-state index contributed by atoms with van der Waals surface area (Å²) in [4.78, 5) is 16.2. The Balaban J connectivity index is 1.97. The minimum absolute atomic E-state index is 0.0876. The number of imidazole rings is 1. The van der Waals surface area contributed by atoms with E-state index in [0.717, 1.165) is 3.57 Å². The number of nitrogens with zero attached hydrogens (tertiary/aromatic N) is 5. The molecule has 2 aromatic heterocycles. The normalized spacial score (nSPS) is 10.4. The van der Waals surface area contributed by atoms with E-state index >= 15 is 0 Å². The topological polar surface area (TPSA) is 91.7 Å². The maximum Gasteiger partial charge on any atom is 0.328 e. The number of benzene rings is 1. The van der Waals surface area contributed by atoms with Crippen LogP contribution in [0.1, 0.15) is 0 Å². The lowest BCUT2D eigenvalue weighted by Gasteiger charge is -2.07. The fraction of sp³-hybridized carbons (Fsp3) is 0. The lowest BCUT2D eigenvalue weighted by molar-refractivity contribution is 0.436. The molecule has 0 aliphatic carbocycles. The Hall–Kier alpha value is -2.23. The van der Waals surface area contributed by atoms with Gasteiger partial charge in [0, 0.05) is 12.4 Å². The summed E-state index contributed by atoms with van der Waals surface area (Å²) in [6.07, 6.45) is 4.91. The summed E-state index contributed by atoms with van der Waals surface area (Å²) in [5.74, 6) is 1.11. The standard InChI is InChI=1S/C12H9IN6O/c13-8-3-1-2-4-9(8)20-12-17-10(14)16-11(18-12)19-6-5-15-7-19/h1-7H,(H2,14,16,17,18). The maximum atomic E-state index is 5.68. The van der Waals surface area contributed by atoms with Crippen molar-refractivity contribution in [2.45, 2.75) is 0 Å². The fourth-order valence-corrected chi connectivity index (χ4v) is 2.02. The second-order valence-electron chi connectivity index (χ2n) is 3.78. The molecule has 0 saturated carbocycles. The smallest absolute Gasteiger partial charge is 0.328 e. The lowest BCUT2D eigenvalue weighted by Crippen LogP contribution is -2.06. The Kier molecular flexibility index (Phi) is 3.46. The van der Waals surface area contributed by atoms with Crippen molar-refractivity contribution in [1.29, 1.82) is 0 Å². The number of ether oxygens (including phenoxy) is 1. The first-order valence-electron chi connectivity index (χ1n) is 5.64. The number of hydrogen-bond acceptors (Lipinski definition) is 6. The molecule has 100 valence electrons. The van der Waals surface area contributed by atoms with Gasteiger partial charge in [0.05, 0.1) is 3.57 Å². The van der Waals surface area contributed by atoms with Gasteiger partial charge in [-0.2, -0.15) is 15.0 Å². The van der Waals surface area contributed by atoms with Crippen LogP contribution in [0.4, 0.5) is 5.95 Å². The zero-order chi connectivity index (χ0) is 13.9. The lowest BCUT2D eigenvalue weighted by atomic mass is 10.3. The SMILES string of the molecule is Nc1nc(Oc2ccccc2I)nc(-n2ccnc2)n1. The highest BCUT2D eigenvalue weighted by Crippen LogP contribution is 2.24. The number of halogens is 1. The number of nitrogens with two attached hydrogens (primary N) is 1. The minimum atomic E-state index is 0.0876. The Morgan fingerprint density at radius 2 is 2.00 bits per heavy atom. The van der Waals surface area contributed by atoms with E-state index in [1.54, 1.807) is 23.3 Å². The van der Waals surface area contributed by atoms with Crippen molar-refractivity contribution in [1.82, 2.24) is 24.5 Å². The van der Waals surface area contributed by atoms with E-state index in [4.69, 9.17) is 10.5 Å². The predicted octanol–water partition coefficient (Wildman–Crippen LogP) is 2.04. The second kappa shape index (κ2) is 5.41. The molecular weight excluding hydrogens is 371 g/mol. The van der Waals surface area contributed by atoms with E-state index in [1.807, 2.05) is 24.3 Å². The quantitative estimate of drug-likeness (QED) is 0.700. The molecule has 0 spiro atoms. The molecule has 3 aromatic rings. The predicted molar refractivity (Wildman–Crippen MR) is 80.6 cm³/mol. The number of aromatic nitrogens is 5. The van der Waals surface area contributed by atoms with Gasteiger partial charge >= 0.3 is 6.01 Å². The van der Waals surface area contributed by atoms with Gasteiger partial charge in [-0.1, -0.05) is 12.1 Å². The zero-order valence-corrected chi connectivity index (χ0v) is 12.3. The molecule has 0 aliphatic rings. The Morgan fingerprint density at radius 3 is 2.75 bits per heavy atom. The molecule has 0 radical (unpaired) electrons. The molecular formula is C12H9IN6O.